The summed E-state index contributed by atoms with van der Waals surface area (Å²) in [6, 6.07) is 17.5. The van der Waals surface area contributed by atoms with Crippen LogP contribution < -0.4 is 5.32 Å². The number of hydrogen-bond donors (Lipinski definition) is 1. The van der Waals surface area contributed by atoms with Gasteiger partial charge in [0.05, 0.1) is 5.54 Å². The lowest BCUT2D eigenvalue weighted by Gasteiger charge is -2.35. The Morgan fingerprint density at radius 1 is 1.00 bits per heavy atom. The summed E-state index contributed by atoms with van der Waals surface area (Å²) in [6.45, 7) is 2.06. The van der Waals surface area contributed by atoms with E-state index in [1.807, 2.05) is 42.5 Å². The quantitative estimate of drug-likeness (QED) is 0.462. The topological polar surface area (TPSA) is 29.1 Å². The van der Waals surface area contributed by atoms with Crippen molar-refractivity contribution in [2.75, 3.05) is 0 Å². The van der Waals surface area contributed by atoms with Gasteiger partial charge in [-0.15, -0.1) is 6.42 Å². The van der Waals surface area contributed by atoms with Crippen molar-refractivity contribution in [1.82, 2.24) is 5.32 Å². The van der Waals surface area contributed by atoms with E-state index in [4.69, 9.17) is 6.42 Å². The summed E-state index contributed by atoms with van der Waals surface area (Å²) < 4.78 is 0. The van der Waals surface area contributed by atoms with E-state index >= 15 is 0 Å². The molecule has 1 fully saturated rings. The molecular weight excluding hydrogens is 318 g/mol. The zero-order valence-corrected chi connectivity index (χ0v) is 15.3. The van der Waals surface area contributed by atoms with Crippen LogP contribution in [0.2, 0.25) is 0 Å². The van der Waals surface area contributed by atoms with Crippen LogP contribution in [0.4, 0.5) is 0 Å². The maximum Gasteiger partial charge on any atom is 0.187 e. The molecule has 1 saturated carbocycles. The maximum absolute atomic E-state index is 12.8. The van der Waals surface area contributed by atoms with Crippen LogP contribution in [-0.4, -0.2) is 11.3 Å². The van der Waals surface area contributed by atoms with Gasteiger partial charge in [-0.2, -0.15) is 0 Å². The number of nitrogens with one attached hydrogen (secondary N) is 1. The number of terminal acetylenes is 1. The Balaban J connectivity index is 1.96. The van der Waals surface area contributed by atoms with Gasteiger partial charge >= 0.3 is 0 Å². The molecule has 0 spiro atoms. The first kappa shape index (κ1) is 18.0. The molecule has 2 aromatic carbocycles. The Bertz CT molecular complexity index is 819. The Kier molecular flexibility index (Phi) is 5.58. The smallest absolute Gasteiger partial charge is 0.187 e. The number of carbonyl (C=O) groups is 1. The fraction of sp³-hybridized carbons (Fsp3) is 0.292. The summed E-state index contributed by atoms with van der Waals surface area (Å²) in [6.07, 6.45) is 12.9. The van der Waals surface area contributed by atoms with Crippen LogP contribution in [0.3, 0.4) is 0 Å². The molecule has 2 aromatic rings. The van der Waals surface area contributed by atoms with Gasteiger partial charge in [0.2, 0.25) is 0 Å². The first-order valence-electron chi connectivity index (χ1n) is 9.26. The van der Waals surface area contributed by atoms with Crippen molar-refractivity contribution in [2.24, 2.45) is 0 Å². The minimum absolute atomic E-state index is 0.0170. The zero-order valence-electron chi connectivity index (χ0n) is 15.3. The van der Waals surface area contributed by atoms with Crippen molar-refractivity contribution in [2.45, 2.75) is 44.6 Å². The lowest BCUT2D eigenvalue weighted by molar-refractivity contribution is 0.104. The van der Waals surface area contributed by atoms with Gasteiger partial charge in [-0.25, -0.2) is 0 Å². The van der Waals surface area contributed by atoms with E-state index in [-0.39, 0.29) is 11.3 Å². The van der Waals surface area contributed by atoms with Crippen molar-refractivity contribution in [1.29, 1.82) is 0 Å². The van der Waals surface area contributed by atoms with Crippen LogP contribution in [0.15, 0.2) is 60.7 Å². The van der Waals surface area contributed by atoms with E-state index in [1.165, 1.54) is 12.0 Å². The van der Waals surface area contributed by atoms with Crippen molar-refractivity contribution in [3.05, 3.63) is 77.4 Å². The van der Waals surface area contributed by atoms with Crippen molar-refractivity contribution in [3.8, 4) is 12.3 Å². The normalized spacial score (nSPS) is 16.5. The van der Waals surface area contributed by atoms with E-state index in [1.54, 1.807) is 6.08 Å². The highest BCUT2D eigenvalue weighted by molar-refractivity contribution is 6.08. The monoisotopic (exact) mass is 343 g/mol. The second-order valence-electron chi connectivity index (χ2n) is 7.07. The second-order valence-corrected chi connectivity index (χ2v) is 7.07. The summed E-state index contributed by atoms with van der Waals surface area (Å²) >= 11 is 0. The van der Waals surface area contributed by atoms with Crippen LogP contribution >= 0.6 is 0 Å². The third-order valence-corrected chi connectivity index (χ3v) is 5.05. The Morgan fingerprint density at radius 3 is 2.27 bits per heavy atom. The van der Waals surface area contributed by atoms with E-state index in [9.17, 15) is 4.79 Å². The predicted octanol–water partition coefficient (Wildman–Crippen LogP) is 5.14. The van der Waals surface area contributed by atoms with Crippen LogP contribution in [-0.2, 0) is 0 Å². The maximum atomic E-state index is 12.8. The molecule has 26 heavy (non-hydrogen) atoms. The van der Waals surface area contributed by atoms with Crippen molar-refractivity contribution < 1.29 is 4.79 Å². The minimum Gasteiger partial charge on any atom is -0.368 e. The van der Waals surface area contributed by atoms with Gasteiger partial charge in [0.15, 0.2) is 5.78 Å². The summed E-state index contributed by atoms with van der Waals surface area (Å²) in [7, 11) is 0. The highest BCUT2D eigenvalue weighted by Crippen LogP contribution is 2.30. The molecule has 0 unspecified atom stereocenters. The lowest BCUT2D eigenvalue weighted by atomic mass is 9.82. The van der Waals surface area contributed by atoms with Gasteiger partial charge in [0.1, 0.15) is 0 Å². The third kappa shape index (κ3) is 4.24. The van der Waals surface area contributed by atoms with Crippen molar-refractivity contribution >= 4 is 11.5 Å². The molecule has 2 heteroatoms. The minimum atomic E-state index is -0.369. The number of aryl methyl sites for hydroxylation is 1. The molecule has 1 aliphatic rings. The summed E-state index contributed by atoms with van der Waals surface area (Å²) in [5, 5.41) is 3.56. The van der Waals surface area contributed by atoms with Crippen LogP contribution in [0, 0.1) is 19.3 Å². The molecule has 0 radical (unpaired) electrons. The van der Waals surface area contributed by atoms with Crippen LogP contribution in [0.25, 0.3) is 5.70 Å². The SMILES string of the molecule is C#CC1(N/C(=C\C(=O)c2ccccc2)c2ccc(C)cc2)CCCCC1. The summed E-state index contributed by atoms with van der Waals surface area (Å²) in [5.74, 6) is 2.96. The van der Waals surface area contributed by atoms with Gasteiger partial charge in [-0.1, -0.05) is 85.3 Å². The lowest BCUT2D eigenvalue weighted by Crippen LogP contribution is -2.44. The average molecular weight is 343 g/mol. The average Bonchev–Trinajstić information content (AvgIpc) is 2.69. The van der Waals surface area contributed by atoms with E-state index < -0.39 is 0 Å². The van der Waals surface area contributed by atoms with E-state index in [2.05, 4.69) is 30.3 Å². The van der Waals surface area contributed by atoms with E-state index in [0.29, 0.717) is 5.56 Å². The highest BCUT2D eigenvalue weighted by atomic mass is 16.1. The highest BCUT2D eigenvalue weighted by Gasteiger charge is 2.30. The van der Waals surface area contributed by atoms with Gasteiger partial charge in [0.25, 0.3) is 0 Å². The predicted molar refractivity (Wildman–Crippen MR) is 108 cm³/mol. The van der Waals surface area contributed by atoms with Crippen LogP contribution in [0.1, 0.15) is 53.6 Å². The molecule has 0 saturated heterocycles. The molecule has 0 heterocycles. The molecule has 0 bridgehead atoms. The number of benzene rings is 2. The van der Waals surface area contributed by atoms with Crippen molar-refractivity contribution in [3.63, 3.8) is 0 Å². The largest absolute Gasteiger partial charge is 0.368 e. The molecule has 0 aromatic heterocycles. The number of ketones is 1. The van der Waals surface area contributed by atoms with Gasteiger partial charge < -0.3 is 5.32 Å². The second kappa shape index (κ2) is 8.06. The number of carbonyl (C=O) groups excluding carboxylic acids is 1. The molecule has 2 nitrogen and oxygen atoms in total. The van der Waals surface area contributed by atoms with Gasteiger partial charge in [-0.05, 0) is 25.3 Å². The molecular formula is C24H25NO. The zero-order chi connectivity index (χ0) is 18.4. The first-order valence-corrected chi connectivity index (χ1v) is 9.26. The third-order valence-electron chi connectivity index (χ3n) is 5.05. The Labute approximate surface area is 156 Å². The fourth-order valence-corrected chi connectivity index (χ4v) is 3.46. The molecule has 3 rings (SSSR count). The molecule has 0 amide bonds. The molecule has 0 aliphatic heterocycles. The molecule has 1 aliphatic carbocycles. The standard InChI is InChI=1S/C24H25NO/c1-3-24(16-8-5-9-17-24)25-22(20-14-12-19(2)13-15-20)18-23(26)21-10-6-4-7-11-21/h1,4,6-7,10-15,18,25H,5,8-9,16-17H2,2H3/b22-18-. The van der Waals surface area contributed by atoms with Gasteiger partial charge in [0, 0.05) is 17.3 Å². The van der Waals surface area contributed by atoms with E-state index in [0.717, 1.165) is 36.9 Å². The molecule has 0 atom stereocenters. The molecule has 1 N–H and O–H groups in total. The Hall–Kier alpha value is -2.79. The van der Waals surface area contributed by atoms with Crippen LogP contribution in [0.5, 0.6) is 0 Å². The fourth-order valence-electron chi connectivity index (χ4n) is 3.46. The first-order chi connectivity index (χ1) is 12.6. The number of rotatable bonds is 5. The Morgan fingerprint density at radius 2 is 1.65 bits per heavy atom. The summed E-state index contributed by atoms with van der Waals surface area (Å²) in [4.78, 5) is 12.8. The number of allylic oxidation sites excluding steroid dienone is 1. The van der Waals surface area contributed by atoms with Gasteiger partial charge in [-0.3, -0.25) is 4.79 Å². The number of hydrogen-bond acceptors (Lipinski definition) is 2. The molecule has 132 valence electrons. The summed E-state index contributed by atoms with van der Waals surface area (Å²) in [5.41, 5.74) is 3.29.